The van der Waals surface area contributed by atoms with Gasteiger partial charge in [0.25, 0.3) is 0 Å². The molecule has 0 aromatic heterocycles. The molecular formula is C12H12KNO2. The Morgan fingerprint density at radius 2 is 2.06 bits per heavy atom. The maximum absolute atomic E-state index is 11.2. The third kappa shape index (κ3) is 3.61. The zero-order valence-corrected chi connectivity index (χ0v) is 13.1. The molecule has 0 radical (unpaired) electrons. The monoisotopic (exact) mass is 241 g/mol. The molecule has 16 heavy (non-hydrogen) atoms. The molecule has 1 aromatic rings. The van der Waals surface area contributed by atoms with Crippen molar-refractivity contribution in [2.24, 2.45) is 0 Å². The minimum Gasteiger partial charge on any atom is -0.884 e. The summed E-state index contributed by atoms with van der Waals surface area (Å²) < 4.78 is 5.05. The van der Waals surface area contributed by atoms with Gasteiger partial charge in [-0.25, -0.2) is 4.85 Å². The average Bonchev–Trinajstić information content (AvgIpc) is 2.20. The molecule has 0 amide bonds. The van der Waals surface area contributed by atoms with Crippen molar-refractivity contribution in [1.82, 2.24) is 0 Å². The first-order chi connectivity index (χ1) is 7.10. The topological polar surface area (TPSA) is 36.6 Å². The summed E-state index contributed by atoms with van der Waals surface area (Å²) >= 11 is 0. The van der Waals surface area contributed by atoms with Crippen molar-refractivity contribution in [2.45, 2.75) is 13.8 Å². The normalized spacial score (nSPS) is 10.9. The quantitative estimate of drug-likeness (QED) is 0.377. The van der Waals surface area contributed by atoms with Gasteiger partial charge in [-0.1, -0.05) is 18.6 Å². The fourth-order valence-electron chi connectivity index (χ4n) is 1.36. The Kier molecular flexibility index (Phi) is 6.96. The first-order valence-corrected chi connectivity index (χ1v) is 4.50. The van der Waals surface area contributed by atoms with Crippen LogP contribution in [0, 0.1) is 13.5 Å². The van der Waals surface area contributed by atoms with Crippen LogP contribution in [0.4, 0.5) is 0 Å². The van der Waals surface area contributed by atoms with Crippen LogP contribution in [-0.4, -0.2) is 7.11 Å². The van der Waals surface area contributed by atoms with Gasteiger partial charge in [-0.2, -0.15) is 0 Å². The van der Waals surface area contributed by atoms with Crippen molar-refractivity contribution in [3.63, 3.8) is 0 Å². The van der Waals surface area contributed by atoms with E-state index in [9.17, 15) is 5.11 Å². The van der Waals surface area contributed by atoms with Crippen LogP contribution in [0.3, 0.4) is 0 Å². The van der Waals surface area contributed by atoms with Crippen molar-refractivity contribution >= 4 is 5.70 Å². The zero-order valence-electron chi connectivity index (χ0n) is 10.00. The van der Waals surface area contributed by atoms with Crippen LogP contribution in [0.1, 0.15) is 18.1 Å². The molecular weight excluding hydrogens is 229 g/mol. The number of benzene rings is 1. The summed E-state index contributed by atoms with van der Waals surface area (Å²) in [4.78, 5) is 3.25. The molecule has 0 aliphatic heterocycles. The summed E-state index contributed by atoms with van der Waals surface area (Å²) in [6, 6.07) is 5.29. The van der Waals surface area contributed by atoms with Crippen molar-refractivity contribution in [3.8, 4) is 5.75 Å². The molecule has 78 valence electrons. The largest absolute Gasteiger partial charge is 1.00 e. The van der Waals surface area contributed by atoms with Gasteiger partial charge in [0, 0.05) is 0 Å². The number of rotatable bonds is 2. The van der Waals surface area contributed by atoms with Gasteiger partial charge in [0.15, 0.2) is 5.70 Å². The van der Waals surface area contributed by atoms with E-state index in [1.807, 2.05) is 13.0 Å². The molecule has 0 unspecified atom stereocenters. The van der Waals surface area contributed by atoms with Crippen LogP contribution in [0.2, 0.25) is 0 Å². The van der Waals surface area contributed by atoms with Crippen LogP contribution in [0.25, 0.3) is 10.5 Å². The SMILES string of the molecule is [C-]#[N+]/C(=C(\C)[O-])c1ccc(OC)cc1C.[K+]. The second-order valence-corrected chi connectivity index (χ2v) is 3.20. The van der Waals surface area contributed by atoms with Crippen LogP contribution in [0.5, 0.6) is 5.75 Å². The molecule has 0 spiro atoms. The van der Waals surface area contributed by atoms with Crippen molar-refractivity contribution < 1.29 is 61.2 Å². The number of nitrogens with zero attached hydrogens (tertiary/aromatic N) is 1. The second kappa shape index (κ2) is 7.10. The Morgan fingerprint density at radius 3 is 2.44 bits per heavy atom. The van der Waals surface area contributed by atoms with E-state index in [-0.39, 0.29) is 62.8 Å². The van der Waals surface area contributed by atoms with Crippen LogP contribution in [0.15, 0.2) is 24.0 Å². The summed E-state index contributed by atoms with van der Waals surface area (Å²) in [5.41, 5.74) is 1.73. The predicted octanol–water partition coefficient (Wildman–Crippen LogP) is -1.02. The smallest absolute Gasteiger partial charge is 0.884 e. The Hall–Kier alpha value is -0.314. The van der Waals surface area contributed by atoms with Gasteiger partial charge >= 0.3 is 51.4 Å². The van der Waals surface area contributed by atoms with E-state index < -0.39 is 0 Å². The molecule has 0 bridgehead atoms. The zero-order chi connectivity index (χ0) is 11.4. The Morgan fingerprint density at radius 1 is 1.44 bits per heavy atom. The molecule has 0 fully saturated rings. The van der Waals surface area contributed by atoms with Gasteiger partial charge in [-0.05, 0) is 24.6 Å². The van der Waals surface area contributed by atoms with Gasteiger partial charge in [-0.3, -0.25) is 0 Å². The molecule has 1 aromatic carbocycles. The van der Waals surface area contributed by atoms with Gasteiger partial charge < -0.3 is 9.84 Å². The maximum atomic E-state index is 11.2. The first-order valence-electron chi connectivity index (χ1n) is 4.50. The molecule has 4 heteroatoms. The number of hydrogen-bond acceptors (Lipinski definition) is 2. The third-order valence-electron chi connectivity index (χ3n) is 2.13. The van der Waals surface area contributed by atoms with Crippen molar-refractivity contribution in [2.75, 3.05) is 7.11 Å². The average molecular weight is 241 g/mol. The van der Waals surface area contributed by atoms with Crippen molar-refractivity contribution in [1.29, 1.82) is 0 Å². The van der Waals surface area contributed by atoms with E-state index in [0.717, 1.165) is 11.3 Å². The second-order valence-electron chi connectivity index (χ2n) is 3.20. The molecule has 0 N–H and O–H groups in total. The number of ether oxygens (including phenoxy) is 1. The Bertz CT molecular complexity index is 443. The molecule has 0 heterocycles. The van der Waals surface area contributed by atoms with Crippen LogP contribution >= 0.6 is 0 Å². The van der Waals surface area contributed by atoms with E-state index in [1.54, 1.807) is 19.2 Å². The molecule has 0 aliphatic rings. The molecule has 1 rings (SSSR count). The molecule has 0 atom stereocenters. The summed E-state index contributed by atoms with van der Waals surface area (Å²) in [5, 5.41) is 11.2. The minimum atomic E-state index is -0.210. The van der Waals surface area contributed by atoms with Crippen LogP contribution < -0.4 is 61.2 Å². The molecule has 0 aliphatic carbocycles. The first kappa shape index (κ1) is 15.7. The third-order valence-corrected chi connectivity index (χ3v) is 2.13. The maximum Gasteiger partial charge on any atom is 1.00 e. The summed E-state index contributed by atoms with van der Waals surface area (Å²) in [6.45, 7) is 10.2. The van der Waals surface area contributed by atoms with Crippen LogP contribution in [-0.2, 0) is 0 Å². The van der Waals surface area contributed by atoms with Gasteiger partial charge in [0.1, 0.15) is 5.75 Å². The number of methoxy groups -OCH3 is 1. The van der Waals surface area contributed by atoms with Crippen molar-refractivity contribution in [3.05, 3.63) is 46.5 Å². The summed E-state index contributed by atoms with van der Waals surface area (Å²) in [7, 11) is 1.58. The Labute approximate surface area is 138 Å². The fourth-order valence-corrected chi connectivity index (χ4v) is 1.36. The van der Waals surface area contributed by atoms with Gasteiger partial charge in [0.2, 0.25) is 0 Å². The van der Waals surface area contributed by atoms with E-state index in [1.165, 1.54) is 6.92 Å². The summed E-state index contributed by atoms with van der Waals surface area (Å²) in [5.74, 6) is 0.516. The standard InChI is InChI=1S/C12H13NO2.K/c1-8-7-10(15-4)5-6-11(8)12(13-3)9(2)14;/h5-7,14H,1-2,4H3;/q;+1/p-1/b12-9+;. The molecule has 3 nitrogen and oxygen atoms in total. The van der Waals surface area contributed by atoms with E-state index in [2.05, 4.69) is 4.85 Å². The Balaban J connectivity index is 0.00000225. The minimum absolute atomic E-state index is 0. The van der Waals surface area contributed by atoms with E-state index >= 15 is 0 Å². The molecule has 0 saturated carbocycles. The fraction of sp³-hybridized carbons (Fsp3) is 0.250. The van der Waals surface area contributed by atoms with Gasteiger partial charge in [-0.15, -0.1) is 5.76 Å². The van der Waals surface area contributed by atoms with E-state index in [0.29, 0.717) is 5.56 Å². The number of aryl methyl sites for hydroxylation is 1. The van der Waals surface area contributed by atoms with Gasteiger partial charge in [0.05, 0.1) is 13.7 Å². The number of hydrogen-bond donors (Lipinski definition) is 0. The van der Waals surface area contributed by atoms with E-state index in [4.69, 9.17) is 11.3 Å². The number of allylic oxidation sites excluding steroid dienone is 1. The molecule has 0 saturated heterocycles. The summed E-state index contributed by atoms with van der Waals surface area (Å²) in [6.07, 6.45) is 0. The predicted molar refractivity (Wildman–Crippen MR) is 56.9 cm³/mol.